The lowest BCUT2D eigenvalue weighted by molar-refractivity contribution is 0.414. The smallest absolute Gasteiger partial charge is 0.169 e. The first-order valence-electron chi connectivity index (χ1n) is 10.5. The molecule has 3 aromatic heterocycles. The summed E-state index contributed by atoms with van der Waals surface area (Å²) < 4.78 is 21.4. The normalized spacial score (nSPS) is 11.0. The molecule has 9 heteroatoms. The molecule has 0 saturated heterocycles. The lowest BCUT2D eigenvalue weighted by Crippen LogP contribution is -2.03. The Morgan fingerprint density at radius 3 is 2.59 bits per heavy atom. The molecule has 0 bridgehead atoms. The first kappa shape index (κ1) is 21.3. The fourth-order valence-corrected chi connectivity index (χ4v) is 3.75. The number of methoxy groups -OCH3 is 1. The molecule has 3 heterocycles. The second kappa shape index (κ2) is 8.78. The number of benzene rings is 2. The van der Waals surface area contributed by atoms with Gasteiger partial charge in [0.25, 0.3) is 0 Å². The van der Waals surface area contributed by atoms with Crippen molar-refractivity contribution in [1.82, 2.24) is 24.7 Å². The monoisotopic (exact) mass is 456 g/mol. The number of hydrogen-bond acceptors (Lipinski definition) is 7. The molecule has 2 aromatic carbocycles. The van der Waals surface area contributed by atoms with Crippen LogP contribution >= 0.6 is 0 Å². The fourth-order valence-electron chi connectivity index (χ4n) is 3.75. The van der Waals surface area contributed by atoms with Gasteiger partial charge < -0.3 is 15.2 Å². The van der Waals surface area contributed by atoms with E-state index in [0.29, 0.717) is 40.1 Å². The third-order valence-electron chi connectivity index (χ3n) is 5.42. The number of aromatic hydroxyl groups is 1. The van der Waals surface area contributed by atoms with Gasteiger partial charge in [-0.3, -0.25) is 4.68 Å². The molecule has 0 saturated carbocycles. The van der Waals surface area contributed by atoms with E-state index in [2.05, 4.69) is 25.4 Å². The van der Waals surface area contributed by atoms with Gasteiger partial charge in [0.05, 0.1) is 12.6 Å². The molecular weight excluding hydrogens is 435 g/mol. The number of ether oxygens (including phenoxy) is 1. The van der Waals surface area contributed by atoms with Crippen molar-refractivity contribution in [2.24, 2.45) is 7.05 Å². The zero-order chi connectivity index (χ0) is 23.7. The van der Waals surface area contributed by atoms with Crippen LogP contribution in [0.4, 0.5) is 10.2 Å². The van der Waals surface area contributed by atoms with Crippen molar-refractivity contribution in [2.75, 3.05) is 12.4 Å². The van der Waals surface area contributed by atoms with E-state index in [1.54, 1.807) is 43.2 Å². The number of nitrogens with one attached hydrogen (secondary N) is 1. The third kappa shape index (κ3) is 3.99. The number of anilines is 1. The number of nitrogens with zero attached hydrogens (tertiary/aromatic N) is 5. The van der Waals surface area contributed by atoms with Gasteiger partial charge in [-0.2, -0.15) is 5.10 Å². The molecule has 5 rings (SSSR count). The number of halogens is 1. The van der Waals surface area contributed by atoms with Crippen molar-refractivity contribution in [3.8, 4) is 34.0 Å². The maximum absolute atomic E-state index is 14.6. The number of aromatic nitrogens is 5. The van der Waals surface area contributed by atoms with Crippen molar-refractivity contribution < 1.29 is 14.2 Å². The third-order valence-corrected chi connectivity index (χ3v) is 5.42. The van der Waals surface area contributed by atoms with E-state index in [0.717, 1.165) is 11.3 Å². The topological polar surface area (TPSA) is 98.0 Å². The number of pyridine rings is 1. The first-order valence-corrected chi connectivity index (χ1v) is 10.5. The highest BCUT2D eigenvalue weighted by Gasteiger charge is 2.20. The summed E-state index contributed by atoms with van der Waals surface area (Å²) in [6.45, 7) is 0.437. The Morgan fingerprint density at radius 2 is 1.82 bits per heavy atom. The van der Waals surface area contributed by atoms with E-state index >= 15 is 0 Å². The standard InChI is InChI=1S/C25H21FN6O2/c1-32-13-18(22(31-32)17-5-3-4-6-19(17)26)23-24-20(28-14-29-23)11-21(33)25(30-24)27-12-15-7-9-16(34-2)10-8-15/h3-11,13-14,33H,12H2,1-2H3,(H,27,30). The van der Waals surface area contributed by atoms with Crippen molar-refractivity contribution in [2.45, 2.75) is 6.54 Å². The van der Waals surface area contributed by atoms with Crippen molar-refractivity contribution in [3.05, 3.63) is 78.5 Å². The van der Waals surface area contributed by atoms with Gasteiger partial charge in [-0.1, -0.05) is 24.3 Å². The largest absolute Gasteiger partial charge is 0.504 e. The van der Waals surface area contributed by atoms with Crippen molar-refractivity contribution in [3.63, 3.8) is 0 Å². The first-order chi connectivity index (χ1) is 16.5. The summed E-state index contributed by atoms with van der Waals surface area (Å²) in [4.78, 5) is 13.3. The van der Waals surface area contributed by atoms with Gasteiger partial charge in [-0.15, -0.1) is 0 Å². The second-order valence-electron chi connectivity index (χ2n) is 7.69. The van der Waals surface area contributed by atoms with Crippen LogP contribution in [0.5, 0.6) is 11.5 Å². The molecule has 2 N–H and O–H groups in total. The van der Waals surface area contributed by atoms with Gasteiger partial charge in [0.2, 0.25) is 0 Å². The van der Waals surface area contributed by atoms with E-state index in [1.807, 2.05) is 24.3 Å². The molecule has 5 aromatic rings. The lowest BCUT2D eigenvalue weighted by atomic mass is 10.0. The average Bonchev–Trinajstić information content (AvgIpc) is 3.24. The minimum atomic E-state index is -0.381. The Balaban J connectivity index is 1.56. The molecule has 8 nitrogen and oxygen atoms in total. The molecule has 0 aliphatic heterocycles. The van der Waals surface area contributed by atoms with Gasteiger partial charge in [0.15, 0.2) is 11.6 Å². The number of rotatable bonds is 6. The van der Waals surface area contributed by atoms with E-state index in [1.165, 1.54) is 18.5 Å². The molecule has 34 heavy (non-hydrogen) atoms. The highest BCUT2D eigenvalue weighted by Crippen LogP contribution is 2.35. The van der Waals surface area contributed by atoms with Crippen LogP contribution in [0, 0.1) is 5.82 Å². The maximum atomic E-state index is 14.6. The van der Waals surface area contributed by atoms with Crippen LogP contribution in [-0.4, -0.2) is 36.9 Å². The zero-order valence-corrected chi connectivity index (χ0v) is 18.5. The van der Waals surface area contributed by atoms with Crippen LogP contribution in [0.15, 0.2) is 67.1 Å². The summed E-state index contributed by atoms with van der Waals surface area (Å²) in [5, 5.41) is 18.2. The predicted octanol–water partition coefficient (Wildman–Crippen LogP) is 4.56. The van der Waals surface area contributed by atoms with E-state index < -0.39 is 0 Å². The summed E-state index contributed by atoms with van der Waals surface area (Å²) >= 11 is 0. The zero-order valence-electron chi connectivity index (χ0n) is 18.5. The second-order valence-corrected chi connectivity index (χ2v) is 7.69. The van der Waals surface area contributed by atoms with E-state index in [4.69, 9.17) is 4.74 Å². The van der Waals surface area contributed by atoms with Gasteiger partial charge in [-0.05, 0) is 29.8 Å². The molecule has 0 amide bonds. The van der Waals surface area contributed by atoms with Crippen molar-refractivity contribution >= 4 is 16.9 Å². The van der Waals surface area contributed by atoms with Crippen molar-refractivity contribution in [1.29, 1.82) is 0 Å². The highest BCUT2D eigenvalue weighted by molar-refractivity contribution is 5.94. The Morgan fingerprint density at radius 1 is 1.03 bits per heavy atom. The summed E-state index contributed by atoms with van der Waals surface area (Å²) in [5.41, 5.74) is 3.82. The summed E-state index contributed by atoms with van der Waals surface area (Å²) in [5.74, 6) is 0.634. The van der Waals surface area contributed by atoms with Gasteiger partial charge in [0.1, 0.15) is 34.8 Å². The Bertz CT molecular complexity index is 1480. The van der Waals surface area contributed by atoms with Gasteiger partial charge >= 0.3 is 0 Å². The molecule has 0 aliphatic carbocycles. The fraction of sp³-hybridized carbons (Fsp3) is 0.120. The summed E-state index contributed by atoms with van der Waals surface area (Å²) in [6.07, 6.45) is 3.16. The predicted molar refractivity (Wildman–Crippen MR) is 127 cm³/mol. The van der Waals surface area contributed by atoms with Crippen LogP contribution in [-0.2, 0) is 13.6 Å². The van der Waals surface area contributed by atoms with Crippen LogP contribution in [0.25, 0.3) is 33.5 Å². The minimum absolute atomic E-state index is 0.0359. The van der Waals surface area contributed by atoms with Crippen LogP contribution in [0.3, 0.4) is 0 Å². The molecular formula is C25H21FN6O2. The Kier molecular flexibility index (Phi) is 5.51. The molecule has 0 unspecified atom stereocenters. The molecule has 0 atom stereocenters. The quantitative estimate of drug-likeness (QED) is 0.387. The maximum Gasteiger partial charge on any atom is 0.169 e. The summed E-state index contributed by atoms with van der Waals surface area (Å²) in [6, 6.07) is 15.6. The minimum Gasteiger partial charge on any atom is -0.504 e. The van der Waals surface area contributed by atoms with Crippen LogP contribution < -0.4 is 10.1 Å². The number of hydrogen-bond donors (Lipinski definition) is 2. The molecule has 0 fully saturated rings. The van der Waals surface area contributed by atoms with E-state index in [-0.39, 0.29) is 17.4 Å². The van der Waals surface area contributed by atoms with Crippen LogP contribution in [0.2, 0.25) is 0 Å². The van der Waals surface area contributed by atoms with Gasteiger partial charge in [0, 0.05) is 37.0 Å². The SMILES string of the molecule is COc1ccc(CNc2nc3c(-c4cn(C)nc4-c4ccccc4F)ncnc3cc2O)cc1. The Labute approximate surface area is 194 Å². The molecule has 170 valence electrons. The highest BCUT2D eigenvalue weighted by atomic mass is 19.1. The lowest BCUT2D eigenvalue weighted by Gasteiger charge is -2.11. The Hall–Kier alpha value is -4.53. The molecule has 0 aliphatic rings. The number of aryl methyl sites for hydroxylation is 1. The number of fused-ring (bicyclic) bond motifs is 1. The molecule has 0 spiro atoms. The average molecular weight is 456 g/mol. The molecule has 0 radical (unpaired) electrons. The van der Waals surface area contributed by atoms with Crippen LogP contribution in [0.1, 0.15) is 5.56 Å². The summed E-state index contributed by atoms with van der Waals surface area (Å²) in [7, 11) is 3.38. The van der Waals surface area contributed by atoms with Gasteiger partial charge in [-0.25, -0.2) is 19.3 Å². The van der Waals surface area contributed by atoms with E-state index in [9.17, 15) is 9.50 Å².